The Bertz CT molecular complexity index is 1660. The molecule has 1 aliphatic carbocycles. The van der Waals surface area contributed by atoms with E-state index in [9.17, 15) is 28.6 Å². The molecule has 1 fully saturated rings. The molecule has 0 bridgehead atoms. The summed E-state index contributed by atoms with van der Waals surface area (Å²) in [5.41, 5.74) is 2.49. The van der Waals surface area contributed by atoms with Crippen molar-refractivity contribution in [1.29, 1.82) is 0 Å². The first-order valence-electron chi connectivity index (χ1n) is 12.0. The average Bonchev–Trinajstić information content (AvgIpc) is 3.49. The van der Waals surface area contributed by atoms with E-state index in [0.29, 0.717) is 24.4 Å². The van der Waals surface area contributed by atoms with Gasteiger partial charge in [0.25, 0.3) is 0 Å². The highest BCUT2D eigenvalue weighted by molar-refractivity contribution is 7.70. The number of ether oxygens (including phenoxy) is 1. The topological polar surface area (TPSA) is 201 Å². The maximum absolute atomic E-state index is 13.7. The van der Waals surface area contributed by atoms with E-state index in [-0.39, 0.29) is 22.2 Å². The van der Waals surface area contributed by atoms with Crippen molar-refractivity contribution in [2.24, 2.45) is 0 Å². The molecule has 18 heteroatoms. The molecule has 2 aromatic heterocycles. The zero-order valence-corrected chi connectivity index (χ0v) is 23.0. The van der Waals surface area contributed by atoms with Crippen LogP contribution in [0, 0.1) is 5.82 Å². The van der Waals surface area contributed by atoms with E-state index in [1.165, 1.54) is 17.0 Å². The molecule has 3 aromatic rings. The van der Waals surface area contributed by atoms with Gasteiger partial charge in [-0.25, -0.2) is 9.37 Å². The molecule has 3 atom stereocenters. The molecule has 5 N–H and O–H groups in total. The van der Waals surface area contributed by atoms with Gasteiger partial charge in [-0.3, -0.25) is 18.2 Å². The second kappa shape index (κ2) is 9.47. The molecule has 0 radical (unpaired) electrons. The summed E-state index contributed by atoms with van der Waals surface area (Å²) in [4.78, 5) is 42.5. The maximum Gasteiger partial charge on any atom is 0.340 e. The Balaban J connectivity index is 1.22. The van der Waals surface area contributed by atoms with Crippen LogP contribution in [0.5, 0.6) is 0 Å². The minimum atomic E-state index is -4.86. The molecule has 40 heavy (non-hydrogen) atoms. The van der Waals surface area contributed by atoms with Gasteiger partial charge in [0.1, 0.15) is 18.8 Å². The number of hydrogen-bond acceptors (Lipinski definition) is 10. The molecule has 1 saturated heterocycles. The Morgan fingerprint density at radius 3 is 2.70 bits per heavy atom. The summed E-state index contributed by atoms with van der Waals surface area (Å²) in [5.74, 6) is -2.36. The fraction of sp³-hybridized carbons (Fsp3) is 0.409. The largest absolute Gasteiger partial charge is 0.506 e. The first-order valence-corrected chi connectivity index (χ1v) is 15.9. The number of fused-ring (bicyclic) bond motifs is 3. The third kappa shape index (κ3) is 4.80. The summed E-state index contributed by atoms with van der Waals surface area (Å²) in [6, 6.07) is 4.86. The van der Waals surface area contributed by atoms with Crippen LogP contribution in [0.1, 0.15) is 23.8 Å². The highest BCUT2D eigenvalue weighted by Crippen LogP contribution is 2.56. The summed E-state index contributed by atoms with van der Waals surface area (Å²) < 4.78 is 48.3. The second-order valence-electron chi connectivity index (χ2n) is 10.1. The molecule has 1 spiro atoms. The molecule has 3 aliphatic rings. The molecule has 2 aliphatic heterocycles. The SMILES string of the molecule is O=P(O)(O)CP(=O)(O)OCC1=C(O)C(O)[C@H](n2cnc3c(N4CC5(CCc6cc(F)ccc65)C4)nc(Cl)nc32)O1. The van der Waals surface area contributed by atoms with Gasteiger partial charge in [-0.15, -0.1) is 0 Å². The smallest absolute Gasteiger partial charge is 0.340 e. The minimum absolute atomic E-state index is 0.106. The van der Waals surface area contributed by atoms with Crippen molar-refractivity contribution >= 4 is 43.8 Å². The lowest BCUT2D eigenvalue weighted by Crippen LogP contribution is -2.58. The number of benzene rings is 1. The van der Waals surface area contributed by atoms with Crippen LogP contribution >= 0.6 is 26.8 Å². The van der Waals surface area contributed by atoms with Crippen LogP contribution in [0.25, 0.3) is 11.2 Å². The van der Waals surface area contributed by atoms with E-state index >= 15 is 0 Å². The molecule has 0 saturated carbocycles. The van der Waals surface area contributed by atoms with Crippen LogP contribution in [0.4, 0.5) is 10.2 Å². The summed E-state index contributed by atoms with van der Waals surface area (Å²) in [5, 5.41) is 20.9. The Morgan fingerprint density at radius 2 is 1.98 bits per heavy atom. The van der Waals surface area contributed by atoms with E-state index in [4.69, 9.17) is 30.6 Å². The number of anilines is 1. The molecule has 14 nitrogen and oxygen atoms in total. The van der Waals surface area contributed by atoms with Crippen LogP contribution in [-0.4, -0.2) is 76.1 Å². The van der Waals surface area contributed by atoms with Gasteiger partial charge in [-0.05, 0) is 47.7 Å². The Morgan fingerprint density at radius 1 is 1.23 bits per heavy atom. The highest BCUT2D eigenvalue weighted by atomic mass is 35.5. The predicted octanol–water partition coefficient (Wildman–Crippen LogP) is 2.32. The van der Waals surface area contributed by atoms with Crippen LogP contribution in [0.2, 0.25) is 5.28 Å². The van der Waals surface area contributed by atoms with Crippen LogP contribution in [-0.2, 0) is 30.2 Å². The van der Waals surface area contributed by atoms with Gasteiger partial charge in [0.15, 0.2) is 40.5 Å². The molecular weight excluding hydrogens is 595 g/mol. The number of hydrogen-bond donors (Lipinski definition) is 5. The Labute approximate surface area is 230 Å². The normalized spacial score (nSPS) is 23.4. The van der Waals surface area contributed by atoms with E-state index in [1.807, 2.05) is 11.0 Å². The number of aryl methyl sites for hydroxylation is 1. The van der Waals surface area contributed by atoms with E-state index < -0.39 is 51.6 Å². The van der Waals surface area contributed by atoms with Crippen molar-refractivity contribution in [2.75, 3.05) is 30.5 Å². The van der Waals surface area contributed by atoms with Crippen molar-refractivity contribution in [2.45, 2.75) is 30.6 Å². The van der Waals surface area contributed by atoms with E-state index in [0.717, 1.165) is 24.0 Å². The van der Waals surface area contributed by atoms with Crippen molar-refractivity contribution in [3.63, 3.8) is 0 Å². The van der Waals surface area contributed by atoms with Gasteiger partial charge in [-0.1, -0.05) is 6.07 Å². The zero-order valence-electron chi connectivity index (χ0n) is 20.5. The monoisotopic (exact) mass is 617 g/mol. The van der Waals surface area contributed by atoms with Gasteiger partial charge in [0, 0.05) is 18.5 Å². The standard InChI is InChI=1S/C22H23ClFN5O9P2/c23-21-26-18(28-7-22(8-28)4-3-11-5-12(24)1-2-13(11)22)15-19(27-21)29(9-25-15)20-17(31)16(30)14(38-20)6-37-40(35,36)10-39(32,33)34/h1-2,5,9,17,20,30-31H,3-4,6-8,10H2,(H,35,36)(H2,32,33,34)/t17?,20-/m1/s1. The fourth-order valence-electron chi connectivity index (χ4n) is 5.56. The second-order valence-corrected chi connectivity index (χ2v) is 14.4. The quantitative estimate of drug-likeness (QED) is 0.191. The molecule has 6 rings (SSSR count). The molecule has 0 amide bonds. The lowest BCUT2D eigenvalue weighted by Gasteiger charge is -2.49. The Kier molecular flexibility index (Phi) is 6.52. The van der Waals surface area contributed by atoms with E-state index in [1.54, 1.807) is 6.07 Å². The van der Waals surface area contributed by atoms with Crippen molar-refractivity contribution in [3.8, 4) is 0 Å². The van der Waals surface area contributed by atoms with Gasteiger partial charge in [0.05, 0.1) is 0 Å². The Hall–Kier alpha value is -2.61. The van der Waals surface area contributed by atoms with Crippen LogP contribution in [0.15, 0.2) is 36.0 Å². The number of aliphatic hydroxyl groups excluding tert-OH is 2. The predicted molar refractivity (Wildman–Crippen MR) is 137 cm³/mol. The number of nitrogens with zero attached hydrogens (tertiary/aromatic N) is 5. The number of rotatable bonds is 7. The highest BCUT2D eigenvalue weighted by Gasteiger charge is 2.49. The van der Waals surface area contributed by atoms with Gasteiger partial charge in [-0.2, -0.15) is 9.97 Å². The average molecular weight is 618 g/mol. The van der Waals surface area contributed by atoms with Crippen LogP contribution < -0.4 is 4.90 Å². The summed E-state index contributed by atoms with van der Waals surface area (Å²) >= 11 is 6.24. The van der Waals surface area contributed by atoms with Crippen molar-refractivity contribution in [3.05, 3.63) is 58.3 Å². The summed E-state index contributed by atoms with van der Waals surface area (Å²) in [6.07, 6.45) is -0.0267. The third-order valence-electron chi connectivity index (χ3n) is 7.31. The molecule has 1 aromatic carbocycles. The molecule has 2 unspecified atom stereocenters. The zero-order chi connectivity index (χ0) is 28.6. The third-order valence-corrected chi connectivity index (χ3v) is 10.9. The number of imidazole rings is 1. The lowest BCUT2D eigenvalue weighted by molar-refractivity contribution is -0.0112. The maximum atomic E-state index is 13.7. The fourth-order valence-corrected chi connectivity index (χ4v) is 8.23. The van der Waals surface area contributed by atoms with E-state index in [2.05, 4.69) is 15.0 Å². The van der Waals surface area contributed by atoms with Gasteiger partial charge >= 0.3 is 15.2 Å². The van der Waals surface area contributed by atoms with Gasteiger partial charge in [0.2, 0.25) is 11.5 Å². The number of aromatic nitrogens is 4. The summed E-state index contributed by atoms with van der Waals surface area (Å²) in [6.45, 7) is 0.355. The first-order chi connectivity index (χ1) is 18.8. The number of aliphatic hydroxyl groups is 2. The molecular formula is C22H23ClFN5O9P2. The minimum Gasteiger partial charge on any atom is -0.506 e. The van der Waals surface area contributed by atoms with Gasteiger partial charge < -0.3 is 34.5 Å². The number of halogens is 2. The summed E-state index contributed by atoms with van der Waals surface area (Å²) in [7, 11) is -9.60. The molecule has 4 heterocycles. The van der Waals surface area contributed by atoms with Crippen molar-refractivity contribution in [1.82, 2.24) is 19.5 Å². The lowest BCUT2D eigenvalue weighted by atomic mass is 9.75. The van der Waals surface area contributed by atoms with Crippen LogP contribution in [0.3, 0.4) is 0 Å². The van der Waals surface area contributed by atoms with Crippen molar-refractivity contribution < 1.29 is 47.7 Å². The molecule has 214 valence electrons. The first kappa shape index (κ1) is 27.6.